The fourth-order valence-corrected chi connectivity index (χ4v) is 2.51. The van der Waals surface area contributed by atoms with E-state index in [0.29, 0.717) is 11.0 Å². The maximum atomic E-state index is 10.9. The number of carboxylic acid groups (broad SMARTS) is 1. The zero-order chi connectivity index (χ0) is 13.0. The van der Waals surface area contributed by atoms with Crippen molar-refractivity contribution in [2.75, 3.05) is 6.54 Å². The number of rotatable bonds is 7. The van der Waals surface area contributed by atoms with Crippen molar-refractivity contribution in [1.82, 2.24) is 5.32 Å². The van der Waals surface area contributed by atoms with E-state index < -0.39 is 5.97 Å². The maximum Gasteiger partial charge on any atom is 0.335 e. The lowest BCUT2D eigenvalue weighted by atomic mass is 10.0. The van der Waals surface area contributed by atoms with E-state index in [1.165, 1.54) is 25.7 Å². The van der Waals surface area contributed by atoms with Gasteiger partial charge in [-0.2, -0.15) is 0 Å². The van der Waals surface area contributed by atoms with Crippen LogP contribution in [0.4, 0.5) is 0 Å². The van der Waals surface area contributed by atoms with E-state index in [4.69, 9.17) is 5.11 Å². The smallest absolute Gasteiger partial charge is 0.335 e. The van der Waals surface area contributed by atoms with E-state index >= 15 is 0 Å². The van der Waals surface area contributed by atoms with Crippen LogP contribution >= 0.6 is 0 Å². The number of nitrogens with one attached hydrogen (secondary N) is 1. The van der Waals surface area contributed by atoms with Crippen LogP contribution in [-0.4, -0.2) is 17.6 Å². The summed E-state index contributed by atoms with van der Waals surface area (Å²) in [6.45, 7) is 4.04. The van der Waals surface area contributed by atoms with Crippen LogP contribution in [0, 0.1) is 5.41 Å². The fraction of sp³-hybridized carbons (Fsp3) is 0.533. The second-order valence-corrected chi connectivity index (χ2v) is 5.36. The molecule has 2 N–H and O–H groups in total. The van der Waals surface area contributed by atoms with Gasteiger partial charge in [0.1, 0.15) is 0 Å². The topological polar surface area (TPSA) is 49.3 Å². The average molecular weight is 247 g/mol. The Hall–Kier alpha value is -1.35. The van der Waals surface area contributed by atoms with Crippen molar-refractivity contribution in [1.29, 1.82) is 0 Å². The zero-order valence-electron chi connectivity index (χ0n) is 10.9. The number of hydrogen-bond donors (Lipinski definition) is 2. The molecule has 1 aliphatic carbocycles. The molecule has 3 nitrogen and oxygen atoms in total. The molecule has 1 aromatic carbocycles. The first-order chi connectivity index (χ1) is 8.65. The molecule has 98 valence electrons. The van der Waals surface area contributed by atoms with Gasteiger partial charge < -0.3 is 10.4 Å². The highest BCUT2D eigenvalue weighted by Crippen LogP contribution is 2.48. The predicted molar refractivity (Wildman–Crippen MR) is 71.7 cm³/mol. The molecule has 0 unspecified atom stereocenters. The Kier molecular flexibility index (Phi) is 4.02. The Morgan fingerprint density at radius 2 is 2.22 bits per heavy atom. The quantitative estimate of drug-likeness (QED) is 0.778. The lowest BCUT2D eigenvalue weighted by Gasteiger charge is -2.15. The summed E-state index contributed by atoms with van der Waals surface area (Å²) >= 11 is 0. The van der Waals surface area contributed by atoms with Gasteiger partial charge in [-0.15, -0.1) is 0 Å². The number of aromatic carboxylic acids is 1. The molecule has 0 saturated heterocycles. The van der Waals surface area contributed by atoms with Gasteiger partial charge in [-0.05, 0) is 42.4 Å². The van der Waals surface area contributed by atoms with Crippen LogP contribution in [0.2, 0.25) is 0 Å². The van der Waals surface area contributed by atoms with Crippen molar-refractivity contribution < 1.29 is 9.90 Å². The van der Waals surface area contributed by atoms with Crippen LogP contribution in [0.15, 0.2) is 24.3 Å². The Balaban J connectivity index is 1.83. The Labute approximate surface area is 108 Å². The molecule has 2 rings (SSSR count). The van der Waals surface area contributed by atoms with E-state index in [2.05, 4.69) is 12.2 Å². The van der Waals surface area contributed by atoms with Crippen molar-refractivity contribution in [3.05, 3.63) is 35.4 Å². The second-order valence-electron chi connectivity index (χ2n) is 5.36. The third-order valence-corrected chi connectivity index (χ3v) is 3.74. The van der Waals surface area contributed by atoms with Gasteiger partial charge in [-0.3, -0.25) is 0 Å². The molecule has 3 heteroatoms. The monoisotopic (exact) mass is 247 g/mol. The summed E-state index contributed by atoms with van der Waals surface area (Å²) in [5.74, 6) is -0.860. The van der Waals surface area contributed by atoms with Crippen LogP contribution in [0.3, 0.4) is 0 Å². The summed E-state index contributed by atoms with van der Waals surface area (Å²) in [5.41, 5.74) is 1.95. The van der Waals surface area contributed by atoms with Gasteiger partial charge in [0.05, 0.1) is 5.56 Å². The molecular weight excluding hydrogens is 226 g/mol. The fourth-order valence-electron chi connectivity index (χ4n) is 2.51. The van der Waals surface area contributed by atoms with Crippen molar-refractivity contribution in [2.45, 2.75) is 39.2 Å². The van der Waals surface area contributed by atoms with Crippen LogP contribution in [0.5, 0.6) is 0 Å². The van der Waals surface area contributed by atoms with Gasteiger partial charge in [0.15, 0.2) is 0 Å². The molecule has 0 aliphatic heterocycles. The van der Waals surface area contributed by atoms with E-state index in [1.54, 1.807) is 18.2 Å². The Morgan fingerprint density at radius 1 is 1.44 bits per heavy atom. The largest absolute Gasteiger partial charge is 0.478 e. The highest BCUT2D eigenvalue weighted by Gasteiger charge is 2.40. The first kappa shape index (κ1) is 13.1. The molecule has 0 radical (unpaired) electrons. The van der Waals surface area contributed by atoms with Gasteiger partial charge in [0.25, 0.3) is 0 Å². The van der Waals surface area contributed by atoms with Crippen LogP contribution in [0.1, 0.15) is 48.5 Å². The molecule has 18 heavy (non-hydrogen) atoms. The summed E-state index contributed by atoms with van der Waals surface area (Å²) in [6.07, 6.45) is 5.22. The van der Waals surface area contributed by atoms with Crippen molar-refractivity contribution in [3.63, 3.8) is 0 Å². The standard InChI is InChI=1S/C15H21NO2/c1-2-6-15(7-8-15)11-16-10-12-4-3-5-13(9-12)14(17)18/h3-5,9,16H,2,6-8,10-11H2,1H3,(H,17,18). The molecule has 1 aliphatic rings. The second kappa shape index (κ2) is 5.53. The first-order valence-electron chi connectivity index (χ1n) is 6.68. The van der Waals surface area contributed by atoms with Gasteiger partial charge >= 0.3 is 5.97 Å². The minimum absolute atomic E-state index is 0.365. The molecule has 1 saturated carbocycles. The molecular formula is C15H21NO2. The number of carbonyl (C=O) groups is 1. The number of carboxylic acids is 1. The zero-order valence-corrected chi connectivity index (χ0v) is 10.9. The highest BCUT2D eigenvalue weighted by atomic mass is 16.4. The summed E-state index contributed by atoms with van der Waals surface area (Å²) in [7, 11) is 0. The molecule has 0 heterocycles. The van der Waals surface area contributed by atoms with Gasteiger partial charge in [-0.1, -0.05) is 25.5 Å². The summed E-state index contributed by atoms with van der Waals surface area (Å²) in [4.78, 5) is 10.9. The minimum Gasteiger partial charge on any atom is -0.478 e. The number of hydrogen-bond acceptors (Lipinski definition) is 2. The molecule has 0 spiro atoms. The molecule has 0 bridgehead atoms. The highest BCUT2D eigenvalue weighted by molar-refractivity contribution is 5.87. The summed E-state index contributed by atoms with van der Waals surface area (Å²) in [5, 5.41) is 12.4. The maximum absolute atomic E-state index is 10.9. The van der Waals surface area contributed by atoms with E-state index in [-0.39, 0.29) is 0 Å². The summed E-state index contributed by atoms with van der Waals surface area (Å²) in [6, 6.07) is 7.15. The summed E-state index contributed by atoms with van der Waals surface area (Å²) < 4.78 is 0. The van der Waals surface area contributed by atoms with Crippen molar-refractivity contribution in [3.8, 4) is 0 Å². The number of benzene rings is 1. The SMILES string of the molecule is CCCC1(CNCc2cccc(C(=O)O)c2)CC1. The van der Waals surface area contributed by atoms with Gasteiger partial charge in [-0.25, -0.2) is 4.79 Å². The van der Waals surface area contributed by atoms with Crippen molar-refractivity contribution in [2.24, 2.45) is 5.41 Å². The lowest BCUT2D eigenvalue weighted by molar-refractivity contribution is 0.0696. The van der Waals surface area contributed by atoms with Crippen LogP contribution in [0.25, 0.3) is 0 Å². The Morgan fingerprint density at radius 3 is 2.83 bits per heavy atom. The Bertz CT molecular complexity index is 424. The van der Waals surface area contributed by atoms with E-state index in [9.17, 15) is 4.79 Å². The van der Waals surface area contributed by atoms with Crippen LogP contribution in [-0.2, 0) is 6.54 Å². The molecule has 0 atom stereocenters. The van der Waals surface area contributed by atoms with E-state index in [0.717, 1.165) is 18.7 Å². The van der Waals surface area contributed by atoms with Gasteiger partial charge in [0, 0.05) is 13.1 Å². The molecule has 0 amide bonds. The van der Waals surface area contributed by atoms with Crippen LogP contribution < -0.4 is 5.32 Å². The van der Waals surface area contributed by atoms with Gasteiger partial charge in [0.2, 0.25) is 0 Å². The molecule has 1 aromatic rings. The molecule has 1 fully saturated rings. The lowest BCUT2D eigenvalue weighted by Crippen LogP contribution is -2.23. The van der Waals surface area contributed by atoms with Crippen molar-refractivity contribution >= 4 is 5.97 Å². The third-order valence-electron chi connectivity index (χ3n) is 3.74. The first-order valence-corrected chi connectivity index (χ1v) is 6.68. The van der Waals surface area contributed by atoms with E-state index in [1.807, 2.05) is 6.07 Å². The normalized spacial score (nSPS) is 16.5. The average Bonchev–Trinajstić information content (AvgIpc) is 3.10. The third kappa shape index (κ3) is 3.33. The predicted octanol–water partition coefficient (Wildman–Crippen LogP) is 3.05. The minimum atomic E-state index is -0.860. The molecule has 0 aromatic heterocycles.